The van der Waals surface area contributed by atoms with Crippen molar-refractivity contribution in [2.24, 2.45) is 5.92 Å². The molecule has 0 spiro atoms. The van der Waals surface area contributed by atoms with Crippen LogP contribution >= 0.6 is 0 Å². The zero-order chi connectivity index (χ0) is 24.2. The van der Waals surface area contributed by atoms with Gasteiger partial charge in [-0.2, -0.15) is 0 Å². The molecule has 0 bridgehead atoms. The molecule has 2 aliphatic heterocycles. The SMILES string of the molecule is O=C(O)C1=CC=CC(OCC2CCN(c3ccc(NC(=O)c4cccc5c4OCC5)cn3)CC2)C1. The smallest absolute Gasteiger partial charge is 0.331 e. The van der Waals surface area contributed by atoms with Crippen molar-refractivity contribution < 1.29 is 24.2 Å². The lowest BCUT2D eigenvalue weighted by Gasteiger charge is -2.33. The Bertz CT molecular complexity index is 1150. The monoisotopic (exact) mass is 475 g/mol. The number of anilines is 2. The highest BCUT2D eigenvalue weighted by molar-refractivity contribution is 6.06. The zero-order valence-corrected chi connectivity index (χ0v) is 19.5. The van der Waals surface area contributed by atoms with E-state index >= 15 is 0 Å². The quantitative estimate of drug-likeness (QED) is 0.627. The summed E-state index contributed by atoms with van der Waals surface area (Å²) in [6.45, 7) is 2.99. The first-order valence-corrected chi connectivity index (χ1v) is 12.1. The third-order valence-corrected chi connectivity index (χ3v) is 6.77. The Morgan fingerprint density at radius 3 is 2.83 bits per heavy atom. The standard InChI is InChI=1S/C27H29N3O5/c31-26(23-6-2-3-19-11-14-34-25(19)23)29-21-7-8-24(28-16-21)30-12-9-18(10-13-30)17-35-22-5-1-4-20(15-22)27(32)33/h1-8,16,18,22H,9-15,17H2,(H,29,31)(H,32,33). The topological polar surface area (TPSA) is 101 Å². The van der Waals surface area contributed by atoms with Gasteiger partial charge in [-0.05, 0) is 42.5 Å². The molecule has 35 heavy (non-hydrogen) atoms. The van der Waals surface area contributed by atoms with Crippen LogP contribution in [0.15, 0.2) is 60.3 Å². The normalized spacial score (nSPS) is 19.6. The molecular weight excluding hydrogens is 446 g/mol. The van der Waals surface area contributed by atoms with Crippen LogP contribution < -0.4 is 15.0 Å². The third kappa shape index (κ3) is 5.38. The molecule has 5 rings (SSSR count). The summed E-state index contributed by atoms with van der Waals surface area (Å²) in [6, 6.07) is 9.47. The molecule has 3 aliphatic rings. The van der Waals surface area contributed by atoms with E-state index in [1.807, 2.05) is 30.3 Å². The van der Waals surface area contributed by atoms with Gasteiger partial charge in [0.1, 0.15) is 11.6 Å². The number of nitrogens with one attached hydrogen (secondary N) is 1. The number of nitrogens with zero attached hydrogens (tertiary/aromatic N) is 2. The molecule has 8 nitrogen and oxygen atoms in total. The molecule has 1 aliphatic carbocycles. The van der Waals surface area contributed by atoms with Crippen LogP contribution in [0, 0.1) is 5.92 Å². The van der Waals surface area contributed by atoms with Crippen LogP contribution in [0.2, 0.25) is 0 Å². The highest BCUT2D eigenvalue weighted by Crippen LogP contribution is 2.30. The van der Waals surface area contributed by atoms with Crippen molar-refractivity contribution in [1.29, 1.82) is 0 Å². The maximum atomic E-state index is 12.7. The number of carbonyl (C=O) groups is 2. The first kappa shape index (κ1) is 23.1. The number of carbonyl (C=O) groups excluding carboxylic acids is 1. The van der Waals surface area contributed by atoms with Crippen molar-refractivity contribution >= 4 is 23.4 Å². The molecule has 1 unspecified atom stereocenters. The Morgan fingerprint density at radius 1 is 1.20 bits per heavy atom. The van der Waals surface area contributed by atoms with E-state index in [1.165, 1.54) is 0 Å². The second-order valence-electron chi connectivity index (χ2n) is 9.14. The summed E-state index contributed by atoms with van der Waals surface area (Å²) in [7, 11) is 0. The fourth-order valence-electron chi connectivity index (χ4n) is 4.75. The van der Waals surface area contributed by atoms with Gasteiger partial charge in [-0.1, -0.05) is 30.4 Å². The summed E-state index contributed by atoms with van der Waals surface area (Å²) in [5, 5.41) is 12.1. The number of piperidine rings is 1. The number of para-hydroxylation sites is 1. The van der Waals surface area contributed by atoms with Gasteiger partial charge in [0.05, 0.1) is 36.8 Å². The number of hydrogen-bond acceptors (Lipinski definition) is 6. The molecule has 182 valence electrons. The number of hydrogen-bond donors (Lipinski definition) is 2. The van der Waals surface area contributed by atoms with Crippen LogP contribution in [0.3, 0.4) is 0 Å². The lowest BCUT2D eigenvalue weighted by atomic mass is 9.97. The number of pyridine rings is 1. The fourth-order valence-corrected chi connectivity index (χ4v) is 4.75. The van der Waals surface area contributed by atoms with E-state index in [0.717, 1.165) is 43.7 Å². The van der Waals surface area contributed by atoms with Crippen molar-refractivity contribution in [3.63, 3.8) is 0 Å². The van der Waals surface area contributed by atoms with Gasteiger partial charge in [-0.25, -0.2) is 9.78 Å². The van der Waals surface area contributed by atoms with E-state index in [2.05, 4.69) is 15.2 Å². The second-order valence-corrected chi connectivity index (χ2v) is 9.14. The van der Waals surface area contributed by atoms with Gasteiger partial charge in [-0.15, -0.1) is 0 Å². The first-order valence-electron chi connectivity index (χ1n) is 12.1. The van der Waals surface area contributed by atoms with Gasteiger partial charge in [0, 0.05) is 31.5 Å². The van der Waals surface area contributed by atoms with Crippen LogP contribution in [0.5, 0.6) is 5.75 Å². The summed E-state index contributed by atoms with van der Waals surface area (Å²) >= 11 is 0. The van der Waals surface area contributed by atoms with Crippen LogP contribution in [0.25, 0.3) is 0 Å². The molecule has 2 aromatic rings. The van der Waals surface area contributed by atoms with Gasteiger partial charge in [0.2, 0.25) is 0 Å². The van der Waals surface area contributed by atoms with Crippen molar-refractivity contribution in [3.05, 3.63) is 71.5 Å². The maximum Gasteiger partial charge on any atom is 0.331 e. The summed E-state index contributed by atoms with van der Waals surface area (Å²) in [4.78, 5) is 30.7. The summed E-state index contributed by atoms with van der Waals surface area (Å²) in [5.74, 6) is 0.925. The van der Waals surface area contributed by atoms with E-state index in [4.69, 9.17) is 14.6 Å². The second kappa shape index (κ2) is 10.3. The van der Waals surface area contributed by atoms with E-state index < -0.39 is 5.97 Å². The van der Waals surface area contributed by atoms with Gasteiger partial charge in [-0.3, -0.25) is 4.79 Å². The Balaban J connectivity index is 1.09. The third-order valence-electron chi connectivity index (χ3n) is 6.77. The Labute approximate surface area is 204 Å². The molecule has 0 radical (unpaired) electrons. The number of aliphatic carboxylic acids is 1. The number of fused-ring (bicyclic) bond motifs is 1. The molecule has 2 N–H and O–H groups in total. The van der Waals surface area contributed by atoms with Crippen molar-refractivity contribution in [2.75, 3.05) is 36.5 Å². The number of aromatic nitrogens is 1. The Morgan fingerprint density at radius 2 is 2.06 bits per heavy atom. The molecule has 8 heteroatoms. The molecule has 1 aromatic carbocycles. The number of benzene rings is 1. The van der Waals surface area contributed by atoms with Gasteiger partial charge in [0.15, 0.2) is 0 Å². The lowest BCUT2D eigenvalue weighted by molar-refractivity contribution is -0.133. The summed E-state index contributed by atoms with van der Waals surface area (Å²) < 4.78 is 11.6. The highest BCUT2D eigenvalue weighted by atomic mass is 16.5. The number of rotatable bonds is 7. The molecule has 1 aromatic heterocycles. The summed E-state index contributed by atoms with van der Waals surface area (Å²) in [6.07, 6.45) is 10.0. The molecular formula is C27H29N3O5. The highest BCUT2D eigenvalue weighted by Gasteiger charge is 2.24. The molecule has 1 atom stereocenters. The van der Waals surface area contributed by atoms with Crippen molar-refractivity contribution in [2.45, 2.75) is 31.8 Å². The van der Waals surface area contributed by atoms with Crippen molar-refractivity contribution in [3.8, 4) is 5.75 Å². The fraction of sp³-hybridized carbons (Fsp3) is 0.370. The number of allylic oxidation sites excluding steroid dienone is 2. The van der Waals surface area contributed by atoms with E-state index in [1.54, 1.807) is 24.4 Å². The predicted octanol–water partition coefficient (Wildman–Crippen LogP) is 3.84. The molecule has 1 saturated heterocycles. The van der Waals surface area contributed by atoms with Crippen LogP contribution in [0.1, 0.15) is 35.2 Å². The minimum absolute atomic E-state index is 0.169. The Kier molecular flexibility index (Phi) is 6.81. The van der Waals surface area contributed by atoms with Crippen LogP contribution in [0.4, 0.5) is 11.5 Å². The molecule has 1 fully saturated rings. The molecule has 0 saturated carbocycles. The maximum absolute atomic E-state index is 12.7. The average Bonchev–Trinajstić information content (AvgIpc) is 3.37. The summed E-state index contributed by atoms with van der Waals surface area (Å²) in [5.41, 5.74) is 2.65. The molecule has 1 amide bonds. The van der Waals surface area contributed by atoms with E-state index in [9.17, 15) is 9.59 Å². The first-order chi connectivity index (χ1) is 17.1. The van der Waals surface area contributed by atoms with Crippen LogP contribution in [-0.2, 0) is 16.0 Å². The van der Waals surface area contributed by atoms with Gasteiger partial charge in [0.25, 0.3) is 5.91 Å². The van der Waals surface area contributed by atoms with Crippen molar-refractivity contribution in [1.82, 2.24) is 4.98 Å². The lowest BCUT2D eigenvalue weighted by Crippen LogP contribution is -2.36. The van der Waals surface area contributed by atoms with E-state index in [0.29, 0.717) is 48.1 Å². The number of carboxylic acids is 1. The van der Waals surface area contributed by atoms with Crippen LogP contribution in [-0.4, -0.2) is 54.4 Å². The Hall–Kier alpha value is -3.65. The zero-order valence-electron chi connectivity index (χ0n) is 19.5. The number of carboxylic acid groups (broad SMARTS) is 1. The van der Waals surface area contributed by atoms with E-state index in [-0.39, 0.29) is 12.0 Å². The molecule has 3 heterocycles. The minimum atomic E-state index is -0.882. The predicted molar refractivity (Wildman–Crippen MR) is 132 cm³/mol. The van der Waals surface area contributed by atoms with Gasteiger partial charge >= 0.3 is 5.97 Å². The number of ether oxygens (including phenoxy) is 2. The largest absolute Gasteiger partial charge is 0.492 e. The number of amides is 1. The minimum Gasteiger partial charge on any atom is -0.492 e. The van der Waals surface area contributed by atoms with Gasteiger partial charge < -0.3 is 24.8 Å². The average molecular weight is 476 g/mol.